The minimum absolute atomic E-state index is 0.0900. The van der Waals surface area contributed by atoms with Gasteiger partial charge in [-0.25, -0.2) is 4.39 Å². The summed E-state index contributed by atoms with van der Waals surface area (Å²) >= 11 is 3.56. The topological polar surface area (TPSA) is 12.0 Å². The van der Waals surface area contributed by atoms with Crippen molar-refractivity contribution in [3.05, 3.63) is 69.4 Å². The van der Waals surface area contributed by atoms with E-state index in [2.05, 4.69) is 41.2 Å². The highest BCUT2D eigenvalue weighted by molar-refractivity contribution is 9.10. The molecule has 2 aromatic rings. The van der Waals surface area contributed by atoms with E-state index in [1.807, 2.05) is 30.3 Å². The molecule has 0 bridgehead atoms. The molecule has 0 amide bonds. The highest BCUT2D eigenvalue weighted by atomic mass is 79.9. The largest absolute Gasteiger partial charge is 0.304 e. The molecule has 0 saturated heterocycles. The summed E-state index contributed by atoms with van der Waals surface area (Å²) in [6, 6.07) is 13.8. The van der Waals surface area contributed by atoms with Gasteiger partial charge < -0.3 is 5.32 Å². The van der Waals surface area contributed by atoms with Crippen molar-refractivity contribution in [2.45, 2.75) is 32.9 Å². The van der Waals surface area contributed by atoms with Crippen LogP contribution in [0, 0.1) is 12.7 Å². The smallest absolute Gasteiger partial charge is 0.126 e. The molecule has 0 aromatic heterocycles. The van der Waals surface area contributed by atoms with Crippen molar-refractivity contribution < 1.29 is 4.39 Å². The molecule has 3 heteroatoms. The normalized spacial score (nSPS) is 14.1. The van der Waals surface area contributed by atoms with Crippen LogP contribution in [-0.4, -0.2) is 0 Å². The van der Waals surface area contributed by atoms with Crippen LogP contribution in [0.4, 0.5) is 4.39 Å². The van der Waals surface area contributed by atoms with Crippen molar-refractivity contribution in [1.82, 2.24) is 5.32 Å². The second kappa shape index (κ2) is 6.51. The lowest BCUT2D eigenvalue weighted by Crippen LogP contribution is -2.22. The van der Waals surface area contributed by atoms with E-state index < -0.39 is 0 Å². The monoisotopic (exact) mass is 335 g/mol. The third-order valence-electron chi connectivity index (χ3n) is 3.57. The van der Waals surface area contributed by atoms with Crippen LogP contribution in [0.5, 0.6) is 0 Å². The van der Waals surface area contributed by atoms with Crippen LogP contribution in [0.2, 0.25) is 0 Å². The third kappa shape index (κ3) is 3.47. The summed E-state index contributed by atoms with van der Waals surface area (Å²) in [7, 11) is 0. The number of hydrogen-bond acceptors (Lipinski definition) is 1. The maximum Gasteiger partial charge on any atom is 0.126 e. The Kier molecular flexibility index (Phi) is 4.95. The second-order valence-corrected chi connectivity index (χ2v) is 5.99. The summed E-state index contributed by atoms with van der Waals surface area (Å²) in [6.45, 7) is 5.94. The quantitative estimate of drug-likeness (QED) is 0.798. The molecular formula is C17H19BrFN. The Labute approximate surface area is 128 Å². The minimum atomic E-state index is -0.148. The Morgan fingerprint density at radius 1 is 1.05 bits per heavy atom. The fraction of sp³-hybridized carbons (Fsp3) is 0.294. The third-order valence-corrected chi connectivity index (χ3v) is 4.29. The van der Waals surface area contributed by atoms with Crippen molar-refractivity contribution in [2.24, 2.45) is 0 Å². The Balaban J connectivity index is 2.13. The summed E-state index contributed by atoms with van der Waals surface area (Å²) < 4.78 is 14.7. The fourth-order valence-electron chi connectivity index (χ4n) is 2.27. The highest BCUT2D eigenvalue weighted by Gasteiger charge is 2.14. The lowest BCUT2D eigenvalue weighted by Gasteiger charge is -2.22. The number of rotatable bonds is 4. The molecule has 0 heterocycles. The summed E-state index contributed by atoms with van der Waals surface area (Å²) in [6.07, 6.45) is 0. The van der Waals surface area contributed by atoms with Gasteiger partial charge in [0.1, 0.15) is 5.82 Å². The van der Waals surface area contributed by atoms with Crippen LogP contribution in [0.1, 0.15) is 42.6 Å². The van der Waals surface area contributed by atoms with Gasteiger partial charge in [-0.3, -0.25) is 0 Å². The summed E-state index contributed by atoms with van der Waals surface area (Å²) in [5.74, 6) is -0.148. The molecule has 0 fully saturated rings. The van der Waals surface area contributed by atoms with Crippen molar-refractivity contribution in [3.8, 4) is 0 Å². The van der Waals surface area contributed by atoms with Crippen molar-refractivity contribution in [3.63, 3.8) is 0 Å². The van der Waals surface area contributed by atoms with Crippen LogP contribution in [0.15, 0.2) is 46.9 Å². The maximum atomic E-state index is 13.6. The molecule has 1 N–H and O–H groups in total. The number of aryl methyl sites for hydroxylation is 1. The van der Waals surface area contributed by atoms with E-state index in [1.54, 1.807) is 13.0 Å². The van der Waals surface area contributed by atoms with Crippen LogP contribution in [-0.2, 0) is 0 Å². The first-order chi connectivity index (χ1) is 9.49. The van der Waals surface area contributed by atoms with E-state index in [0.717, 1.165) is 10.0 Å². The fourth-order valence-corrected chi connectivity index (χ4v) is 2.89. The average Bonchev–Trinajstić information content (AvgIpc) is 2.42. The first-order valence-corrected chi connectivity index (χ1v) is 7.55. The molecule has 0 aliphatic heterocycles. The second-order valence-electron chi connectivity index (χ2n) is 5.14. The van der Waals surface area contributed by atoms with Gasteiger partial charge in [-0.15, -0.1) is 0 Å². The lowest BCUT2D eigenvalue weighted by atomic mass is 10.0. The first kappa shape index (κ1) is 15.2. The zero-order valence-corrected chi connectivity index (χ0v) is 13.5. The molecule has 0 spiro atoms. The van der Waals surface area contributed by atoms with Crippen LogP contribution >= 0.6 is 15.9 Å². The van der Waals surface area contributed by atoms with E-state index in [1.165, 1.54) is 5.56 Å². The molecule has 106 valence electrons. The van der Waals surface area contributed by atoms with E-state index in [0.29, 0.717) is 5.56 Å². The molecule has 20 heavy (non-hydrogen) atoms. The maximum absolute atomic E-state index is 13.6. The average molecular weight is 336 g/mol. The Morgan fingerprint density at radius 3 is 2.40 bits per heavy atom. The molecule has 0 saturated carbocycles. The number of hydrogen-bond donors (Lipinski definition) is 1. The predicted molar refractivity (Wildman–Crippen MR) is 85.2 cm³/mol. The van der Waals surface area contributed by atoms with Crippen LogP contribution in [0.3, 0.4) is 0 Å². The highest BCUT2D eigenvalue weighted by Crippen LogP contribution is 2.26. The minimum Gasteiger partial charge on any atom is -0.304 e. The van der Waals surface area contributed by atoms with Crippen LogP contribution in [0.25, 0.3) is 0 Å². The first-order valence-electron chi connectivity index (χ1n) is 6.75. The molecule has 0 aliphatic rings. The molecular weight excluding hydrogens is 317 g/mol. The zero-order chi connectivity index (χ0) is 14.7. The van der Waals surface area contributed by atoms with Gasteiger partial charge in [0.2, 0.25) is 0 Å². The predicted octanol–water partition coefficient (Wildman–Crippen LogP) is 5.31. The van der Waals surface area contributed by atoms with Gasteiger partial charge in [0.25, 0.3) is 0 Å². The van der Waals surface area contributed by atoms with E-state index in [-0.39, 0.29) is 17.9 Å². The Hall–Kier alpha value is -1.19. The van der Waals surface area contributed by atoms with Crippen molar-refractivity contribution >= 4 is 15.9 Å². The number of nitrogens with one attached hydrogen (secondary N) is 1. The molecule has 2 rings (SSSR count). The van der Waals surface area contributed by atoms with E-state index in [9.17, 15) is 4.39 Å². The van der Waals surface area contributed by atoms with Gasteiger partial charge in [0.15, 0.2) is 0 Å². The standard InChI is InChI=1S/C17H19BrFN/c1-11-8-9-14(10-17(11)19)12(2)20-13(3)15-6-4-5-7-16(15)18/h4-10,12-13,20H,1-3H3. The summed E-state index contributed by atoms with van der Waals surface area (Å²) in [5, 5.41) is 3.50. The zero-order valence-electron chi connectivity index (χ0n) is 12.0. The lowest BCUT2D eigenvalue weighted by molar-refractivity contribution is 0.490. The van der Waals surface area contributed by atoms with Crippen molar-refractivity contribution in [2.75, 3.05) is 0 Å². The van der Waals surface area contributed by atoms with Gasteiger partial charge in [0, 0.05) is 16.6 Å². The Morgan fingerprint density at radius 2 is 1.75 bits per heavy atom. The number of benzene rings is 2. The van der Waals surface area contributed by atoms with Gasteiger partial charge in [0.05, 0.1) is 0 Å². The van der Waals surface area contributed by atoms with Gasteiger partial charge in [-0.1, -0.05) is 46.3 Å². The number of halogens is 2. The van der Waals surface area contributed by atoms with Crippen molar-refractivity contribution in [1.29, 1.82) is 0 Å². The molecule has 0 aliphatic carbocycles. The summed E-state index contributed by atoms with van der Waals surface area (Å²) in [5.41, 5.74) is 2.85. The van der Waals surface area contributed by atoms with Crippen LogP contribution < -0.4 is 5.32 Å². The molecule has 2 aromatic carbocycles. The molecule has 2 atom stereocenters. The van der Waals surface area contributed by atoms with Gasteiger partial charge >= 0.3 is 0 Å². The summed E-state index contributed by atoms with van der Waals surface area (Å²) in [4.78, 5) is 0. The van der Waals surface area contributed by atoms with Gasteiger partial charge in [-0.2, -0.15) is 0 Å². The Bertz CT molecular complexity index is 597. The molecule has 0 radical (unpaired) electrons. The molecule has 2 unspecified atom stereocenters. The van der Waals surface area contributed by atoms with E-state index in [4.69, 9.17) is 0 Å². The van der Waals surface area contributed by atoms with Gasteiger partial charge in [-0.05, 0) is 49.6 Å². The SMILES string of the molecule is Cc1ccc(C(C)NC(C)c2ccccc2Br)cc1F. The van der Waals surface area contributed by atoms with E-state index >= 15 is 0 Å². The molecule has 1 nitrogen and oxygen atoms in total.